The third-order valence-corrected chi connectivity index (χ3v) is 5.54. The second-order valence-corrected chi connectivity index (χ2v) is 8.36. The normalized spacial score (nSPS) is 15.8. The average Bonchev–Trinajstić information content (AvgIpc) is 2.65. The van der Waals surface area contributed by atoms with Crippen LogP contribution in [0.3, 0.4) is 0 Å². The van der Waals surface area contributed by atoms with Crippen LogP contribution in [0.4, 0.5) is 0 Å². The summed E-state index contributed by atoms with van der Waals surface area (Å²) in [4.78, 5) is 25.7. The molecule has 1 N–H and O–H groups in total. The monoisotopic (exact) mass is 408 g/mol. The Morgan fingerprint density at radius 1 is 1.04 bits per heavy atom. The first-order chi connectivity index (χ1) is 13.5. The molecule has 1 fully saturated rings. The molecule has 1 aliphatic heterocycles. The van der Waals surface area contributed by atoms with Crippen molar-refractivity contribution in [1.82, 2.24) is 9.62 Å². The van der Waals surface area contributed by atoms with Crippen molar-refractivity contribution < 1.29 is 22.7 Å². The molecule has 7 nitrogen and oxygen atoms in total. The molecule has 1 saturated heterocycles. The summed E-state index contributed by atoms with van der Waals surface area (Å²) in [5, 5.41) is 1.05. The second kappa shape index (κ2) is 11.6. The van der Waals surface area contributed by atoms with Gasteiger partial charge < -0.3 is 9.64 Å². The third kappa shape index (κ3) is 8.67. The van der Waals surface area contributed by atoms with E-state index in [2.05, 4.69) is 4.72 Å². The number of likely N-dealkylation sites (tertiary alicyclic amines) is 1. The predicted octanol–water partition coefficient (Wildman–Crippen LogP) is 2.30. The molecule has 0 spiro atoms. The van der Waals surface area contributed by atoms with Gasteiger partial charge in [-0.05, 0) is 24.5 Å². The van der Waals surface area contributed by atoms with Crippen molar-refractivity contribution in [2.45, 2.75) is 38.5 Å². The van der Waals surface area contributed by atoms with Crippen molar-refractivity contribution in [3.8, 4) is 0 Å². The highest BCUT2D eigenvalue weighted by Gasteiger charge is 2.16. The number of hydrogen-bond acceptors (Lipinski definition) is 5. The molecule has 154 valence electrons. The number of amides is 1. The number of ether oxygens (including phenoxy) is 1. The van der Waals surface area contributed by atoms with Crippen molar-refractivity contribution in [2.75, 3.05) is 26.2 Å². The van der Waals surface area contributed by atoms with Crippen LogP contribution in [0.15, 0.2) is 35.7 Å². The van der Waals surface area contributed by atoms with E-state index in [0.29, 0.717) is 13.1 Å². The van der Waals surface area contributed by atoms with Gasteiger partial charge in [-0.2, -0.15) is 0 Å². The number of carbonyl (C=O) groups is 2. The second-order valence-electron chi connectivity index (χ2n) is 6.71. The van der Waals surface area contributed by atoms with Crippen LogP contribution in [0.5, 0.6) is 0 Å². The Kier molecular flexibility index (Phi) is 9.16. The van der Waals surface area contributed by atoms with E-state index in [-0.39, 0.29) is 25.5 Å². The Hall–Kier alpha value is -2.19. The number of benzene rings is 1. The lowest BCUT2D eigenvalue weighted by molar-refractivity contribution is -0.152. The van der Waals surface area contributed by atoms with Crippen LogP contribution in [-0.4, -0.2) is 51.4 Å². The predicted molar refractivity (Wildman–Crippen MR) is 108 cm³/mol. The minimum atomic E-state index is -3.64. The molecule has 2 rings (SSSR count). The van der Waals surface area contributed by atoms with Gasteiger partial charge in [0.05, 0.1) is 6.42 Å². The van der Waals surface area contributed by atoms with Gasteiger partial charge in [-0.1, -0.05) is 49.6 Å². The van der Waals surface area contributed by atoms with Gasteiger partial charge in [0.1, 0.15) is 0 Å². The highest BCUT2D eigenvalue weighted by atomic mass is 32.2. The van der Waals surface area contributed by atoms with Gasteiger partial charge in [-0.25, -0.2) is 13.1 Å². The van der Waals surface area contributed by atoms with E-state index in [1.54, 1.807) is 17.0 Å². The molecule has 28 heavy (non-hydrogen) atoms. The molecule has 8 heteroatoms. The molecule has 0 radical (unpaired) electrons. The van der Waals surface area contributed by atoms with E-state index in [0.717, 1.165) is 36.7 Å². The molecule has 0 saturated carbocycles. The fourth-order valence-corrected chi connectivity index (χ4v) is 3.70. The summed E-state index contributed by atoms with van der Waals surface area (Å²) in [6.45, 7) is 1.02. The van der Waals surface area contributed by atoms with Crippen LogP contribution in [0.1, 0.15) is 44.1 Å². The summed E-state index contributed by atoms with van der Waals surface area (Å²) in [5.74, 6) is -0.795. The van der Waals surface area contributed by atoms with E-state index in [1.165, 1.54) is 12.5 Å². The van der Waals surface area contributed by atoms with E-state index < -0.39 is 16.0 Å². The van der Waals surface area contributed by atoms with Crippen molar-refractivity contribution in [2.24, 2.45) is 0 Å². The minimum absolute atomic E-state index is 0.0851. The molecule has 0 aromatic heterocycles. The van der Waals surface area contributed by atoms with Gasteiger partial charge in [0.25, 0.3) is 5.91 Å². The topological polar surface area (TPSA) is 92.8 Å². The van der Waals surface area contributed by atoms with E-state index >= 15 is 0 Å². The summed E-state index contributed by atoms with van der Waals surface area (Å²) in [5.41, 5.74) is 0.759. The van der Waals surface area contributed by atoms with Crippen LogP contribution in [0, 0.1) is 0 Å². The van der Waals surface area contributed by atoms with E-state index in [4.69, 9.17) is 4.74 Å². The fourth-order valence-electron chi connectivity index (χ4n) is 2.88. The lowest BCUT2D eigenvalue weighted by Gasteiger charge is -2.24. The van der Waals surface area contributed by atoms with Crippen molar-refractivity contribution >= 4 is 28.0 Å². The summed E-state index contributed by atoms with van der Waals surface area (Å²) in [6, 6.07) is 9.03. The molecule has 1 aliphatic rings. The first-order valence-corrected chi connectivity index (χ1v) is 11.2. The summed E-state index contributed by atoms with van der Waals surface area (Å²) >= 11 is 0. The number of carbonyl (C=O) groups excluding carboxylic acids is 2. The van der Waals surface area contributed by atoms with Crippen molar-refractivity contribution in [1.29, 1.82) is 0 Å². The molecule has 0 aliphatic carbocycles. The zero-order valence-electron chi connectivity index (χ0n) is 16.0. The number of sulfonamides is 1. The lowest BCUT2D eigenvalue weighted by atomic mass is 10.1. The highest BCUT2D eigenvalue weighted by Crippen LogP contribution is 2.10. The van der Waals surface area contributed by atoms with Gasteiger partial charge in [0.15, 0.2) is 6.61 Å². The number of hydrogen-bond donors (Lipinski definition) is 1. The zero-order valence-corrected chi connectivity index (χ0v) is 16.8. The molecule has 1 amide bonds. The van der Waals surface area contributed by atoms with Gasteiger partial charge in [-0.15, -0.1) is 0 Å². The van der Waals surface area contributed by atoms with Gasteiger partial charge in [-0.3, -0.25) is 9.59 Å². The summed E-state index contributed by atoms with van der Waals surface area (Å²) < 4.78 is 31.1. The molecule has 1 aromatic carbocycles. The Morgan fingerprint density at radius 2 is 1.68 bits per heavy atom. The number of nitrogens with one attached hydrogen (secondary N) is 1. The Balaban J connectivity index is 1.67. The third-order valence-electron chi connectivity index (χ3n) is 4.44. The van der Waals surface area contributed by atoms with Crippen LogP contribution < -0.4 is 4.72 Å². The summed E-state index contributed by atoms with van der Waals surface area (Å²) in [7, 11) is -3.64. The van der Waals surface area contributed by atoms with Crippen molar-refractivity contribution in [3.05, 3.63) is 41.3 Å². The van der Waals surface area contributed by atoms with E-state index in [1.807, 2.05) is 18.2 Å². The minimum Gasteiger partial charge on any atom is -0.456 e. The van der Waals surface area contributed by atoms with Crippen molar-refractivity contribution in [3.63, 3.8) is 0 Å². The quantitative estimate of drug-likeness (QED) is 0.666. The molecular weight excluding hydrogens is 380 g/mol. The number of esters is 1. The van der Waals surface area contributed by atoms with Crippen LogP contribution in [-0.2, 0) is 24.3 Å². The molecule has 0 unspecified atom stereocenters. The fraction of sp³-hybridized carbons (Fsp3) is 0.500. The van der Waals surface area contributed by atoms with E-state index in [9.17, 15) is 18.0 Å². The molecule has 0 atom stereocenters. The molecule has 1 heterocycles. The number of nitrogens with zero attached hydrogens (tertiary/aromatic N) is 1. The molecule has 0 bridgehead atoms. The number of rotatable bonds is 8. The maximum atomic E-state index is 12.1. The largest absolute Gasteiger partial charge is 0.456 e. The smallest absolute Gasteiger partial charge is 0.307 e. The maximum Gasteiger partial charge on any atom is 0.307 e. The SMILES string of the molecule is O=C(CCNS(=O)(=O)/C=C/c1ccccc1)OCC(=O)N1CCCCCCC1. The average molecular weight is 409 g/mol. The van der Waals surface area contributed by atoms with Crippen LogP contribution in [0.25, 0.3) is 6.08 Å². The molecular formula is C20H28N2O5S. The Bertz CT molecular complexity index is 754. The summed E-state index contributed by atoms with van der Waals surface area (Å²) in [6.07, 6.45) is 6.71. The zero-order chi connectivity index (χ0) is 20.2. The van der Waals surface area contributed by atoms with Gasteiger partial charge in [0.2, 0.25) is 10.0 Å². The van der Waals surface area contributed by atoms with Crippen LogP contribution in [0.2, 0.25) is 0 Å². The lowest BCUT2D eigenvalue weighted by Crippen LogP contribution is -2.37. The Labute approximate surface area is 166 Å². The standard InChI is InChI=1S/C20H28N2O5S/c23-19(22-14-7-2-1-3-8-15-22)17-27-20(24)11-13-21-28(25,26)16-12-18-9-5-4-6-10-18/h4-6,9-10,12,16,21H,1-3,7-8,11,13-15,17H2/b16-12+. The Morgan fingerprint density at radius 3 is 2.36 bits per heavy atom. The first kappa shape index (κ1) is 22.1. The first-order valence-electron chi connectivity index (χ1n) is 9.62. The van der Waals surface area contributed by atoms with Gasteiger partial charge in [0, 0.05) is 25.0 Å². The van der Waals surface area contributed by atoms with Gasteiger partial charge >= 0.3 is 5.97 Å². The highest BCUT2D eigenvalue weighted by molar-refractivity contribution is 7.92. The molecule has 1 aromatic rings. The maximum absolute atomic E-state index is 12.1. The van der Waals surface area contributed by atoms with Crippen LogP contribution >= 0.6 is 0 Å².